The Labute approximate surface area is 117 Å². The number of alkyl halides is 3. The number of carbonyl (C=O) groups excluding carboxylic acids is 1. The van der Waals surface area contributed by atoms with Crippen molar-refractivity contribution in [2.75, 3.05) is 0 Å². The van der Waals surface area contributed by atoms with E-state index in [1.54, 1.807) is 18.3 Å². The summed E-state index contributed by atoms with van der Waals surface area (Å²) in [5, 5.41) is 0.583. The fourth-order valence-electron chi connectivity index (χ4n) is 2.14. The topological polar surface area (TPSA) is 45.8 Å². The van der Waals surface area contributed by atoms with Gasteiger partial charge in [0.2, 0.25) is 0 Å². The first kappa shape index (κ1) is 13.4. The highest BCUT2D eigenvalue weighted by Gasteiger charge is 2.31. The number of aromatic nitrogens is 2. The third-order valence-corrected chi connectivity index (χ3v) is 3.15. The van der Waals surface area contributed by atoms with Gasteiger partial charge in [0, 0.05) is 28.9 Å². The molecule has 21 heavy (non-hydrogen) atoms. The highest BCUT2D eigenvalue weighted by Crippen LogP contribution is 2.30. The van der Waals surface area contributed by atoms with Crippen LogP contribution in [-0.4, -0.2) is 15.8 Å². The lowest BCUT2D eigenvalue weighted by Gasteiger charge is -2.07. The zero-order valence-corrected chi connectivity index (χ0v) is 10.6. The van der Waals surface area contributed by atoms with E-state index in [-0.39, 0.29) is 5.56 Å². The van der Waals surface area contributed by atoms with Gasteiger partial charge in [0.1, 0.15) is 5.65 Å². The lowest BCUT2D eigenvalue weighted by Crippen LogP contribution is -2.08. The monoisotopic (exact) mass is 290 g/mol. The molecule has 1 N–H and O–H groups in total. The zero-order chi connectivity index (χ0) is 15.0. The predicted octanol–water partition coefficient (Wildman–Crippen LogP) is 3.81. The molecule has 6 heteroatoms. The molecule has 0 saturated heterocycles. The first-order valence-electron chi connectivity index (χ1n) is 6.11. The Morgan fingerprint density at radius 2 is 1.95 bits per heavy atom. The number of halogens is 3. The van der Waals surface area contributed by atoms with E-state index in [2.05, 4.69) is 9.97 Å². The molecule has 0 aliphatic carbocycles. The molecule has 0 fully saturated rings. The van der Waals surface area contributed by atoms with Crippen molar-refractivity contribution in [3.05, 3.63) is 65.5 Å². The average Bonchev–Trinajstić information content (AvgIpc) is 2.90. The van der Waals surface area contributed by atoms with Gasteiger partial charge in [-0.25, -0.2) is 4.98 Å². The molecule has 106 valence electrons. The molecule has 0 aliphatic heterocycles. The van der Waals surface area contributed by atoms with Crippen molar-refractivity contribution in [3.63, 3.8) is 0 Å². The smallest absolute Gasteiger partial charge is 0.345 e. The minimum atomic E-state index is -4.47. The van der Waals surface area contributed by atoms with Crippen LogP contribution in [0.3, 0.4) is 0 Å². The number of pyridine rings is 1. The number of aromatic amines is 1. The molecule has 0 amide bonds. The van der Waals surface area contributed by atoms with E-state index in [4.69, 9.17) is 0 Å². The van der Waals surface area contributed by atoms with Crippen molar-refractivity contribution < 1.29 is 18.0 Å². The molecule has 2 heterocycles. The van der Waals surface area contributed by atoms with Gasteiger partial charge in [-0.1, -0.05) is 12.1 Å². The van der Waals surface area contributed by atoms with Crippen LogP contribution in [-0.2, 0) is 6.18 Å². The normalized spacial score (nSPS) is 11.8. The van der Waals surface area contributed by atoms with Crippen LogP contribution in [0, 0.1) is 0 Å². The zero-order valence-electron chi connectivity index (χ0n) is 10.6. The Balaban J connectivity index is 2.07. The Kier molecular flexibility index (Phi) is 3.01. The summed E-state index contributed by atoms with van der Waals surface area (Å²) in [5.41, 5.74) is -0.0221. The standard InChI is InChI=1S/C15H9F3N2O/c16-15(17,18)10-4-1-3-9(7-10)13(21)12-8-20-14-11(12)5-2-6-19-14/h1-8H,(H,19,20). The summed E-state index contributed by atoms with van der Waals surface area (Å²) in [4.78, 5) is 19.3. The highest BCUT2D eigenvalue weighted by atomic mass is 19.4. The number of hydrogen-bond acceptors (Lipinski definition) is 2. The number of fused-ring (bicyclic) bond motifs is 1. The summed E-state index contributed by atoms with van der Waals surface area (Å²) in [5.74, 6) is -0.472. The van der Waals surface area contributed by atoms with Crippen molar-refractivity contribution in [2.45, 2.75) is 6.18 Å². The van der Waals surface area contributed by atoms with Gasteiger partial charge < -0.3 is 4.98 Å². The molecule has 0 atom stereocenters. The third kappa shape index (κ3) is 2.40. The minimum Gasteiger partial charge on any atom is -0.345 e. The van der Waals surface area contributed by atoms with Crippen molar-refractivity contribution in [3.8, 4) is 0 Å². The first-order chi connectivity index (χ1) is 9.97. The van der Waals surface area contributed by atoms with Gasteiger partial charge in [0.15, 0.2) is 5.78 Å². The molecule has 3 rings (SSSR count). The fraction of sp³-hybridized carbons (Fsp3) is 0.0667. The molecule has 0 radical (unpaired) electrons. The molecule has 1 aromatic carbocycles. The number of nitrogens with one attached hydrogen (secondary N) is 1. The summed E-state index contributed by atoms with van der Waals surface area (Å²) in [6.45, 7) is 0. The van der Waals surface area contributed by atoms with Gasteiger partial charge >= 0.3 is 6.18 Å². The number of carbonyl (C=O) groups is 1. The second-order valence-electron chi connectivity index (χ2n) is 4.51. The van der Waals surface area contributed by atoms with Crippen LogP contribution < -0.4 is 0 Å². The van der Waals surface area contributed by atoms with E-state index in [0.717, 1.165) is 12.1 Å². The number of nitrogens with zero attached hydrogens (tertiary/aromatic N) is 1. The Morgan fingerprint density at radius 1 is 1.14 bits per heavy atom. The van der Waals surface area contributed by atoms with E-state index in [1.165, 1.54) is 18.3 Å². The van der Waals surface area contributed by atoms with Crippen molar-refractivity contribution in [2.24, 2.45) is 0 Å². The Morgan fingerprint density at radius 3 is 2.71 bits per heavy atom. The number of rotatable bonds is 2. The maximum absolute atomic E-state index is 12.7. The Hall–Kier alpha value is -2.63. The second-order valence-corrected chi connectivity index (χ2v) is 4.51. The van der Waals surface area contributed by atoms with E-state index < -0.39 is 17.5 Å². The van der Waals surface area contributed by atoms with Gasteiger partial charge in [0.25, 0.3) is 0 Å². The molecule has 2 aromatic heterocycles. The van der Waals surface area contributed by atoms with Crippen LogP contribution in [0.15, 0.2) is 48.8 Å². The van der Waals surface area contributed by atoms with Gasteiger partial charge in [-0.3, -0.25) is 4.79 Å². The average molecular weight is 290 g/mol. The second kappa shape index (κ2) is 4.73. The molecule has 0 unspecified atom stereocenters. The van der Waals surface area contributed by atoms with Crippen LogP contribution in [0.4, 0.5) is 13.2 Å². The molecule has 3 nitrogen and oxygen atoms in total. The fourth-order valence-corrected chi connectivity index (χ4v) is 2.14. The van der Waals surface area contributed by atoms with Crippen molar-refractivity contribution >= 4 is 16.8 Å². The number of hydrogen-bond donors (Lipinski definition) is 1. The van der Waals surface area contributed by atoms with E-state index in [9.17, 15) is 18.0 Å². The van der Waals surface area contributed by atoms with Crippen LogP contribution in [0.1, 0.15) is 21.5 Å². The highest BCUT2D eigenvalue weighted by molar-refractivity contribution is 6.15. The lowest BCUT2D eigenvalue weighted by molar-refractivity contribution is -0.137. The van der Waals surface area contributed by atoms with Gasteiger partial charge in [-0.05, 0) is 24.3 Å². The molecule has 3 aromatic rings. The number of ketones is 1. The summed E-state index contributed by atoms with van der Waals surface area (Å²) in [7, 11) is 0. The summed E-state index contributed by atoms with van der Waals surface area (Å²) >= 11 is 0. The quantitative estimate of drug-likeness (QED) is 0.729. The summed E-state index contributed by atoms with van der Waals surface area (Å²) in [6.07, 6.45) is -1.45. The molecule has 0 bridgehead atoms. The molecular weight excluding hydrogens is 281 g/mol. The first-order valence-corrected chi connectivity index (χ1v) is 6.11. The van der Waals surface area contributed by atoms with Crippen molar-refractivity contribution in [1.82, 2.24) is 9.97 Å². The van der Waals surface area contributed by atoms with Gasteiger partial charge in [-0.15, -0.1) is 0 Å². The Bertz CT molecular complexity index is 821. The number of H-pyrrole nitrogens is 1. The lowest BCUT2D eigenvalue weighted by atomic mass is 10.0. The summed E-state index contributed by atoms with van der Waals surface area (Å²) < 4.78 is 38.1. The van der Waals surface area contributed by atoms with E-state index >= 15 is 0 Å². The van der Waals surface area contributed by atoms with Crippen LogP contribution in [0.2, 0.25) is 0 Å². The van der Waals surface area contributed by atoms with Gasteiger partial charge in [-0.2, -0.15) is 13.2 Å². The van der Waals surface area contributed by atoms with Crippen LogP contribution in [0.25, 0.3) is 11.0 Å². The minimum absolute atomic E-state index is 0.00502. The molecule has 0 spiro atoms. The third-order valence-electron chi connectivity index (χ3n) is 3.15. The molecular formula is C15H9F3N2O. The SMILES string of the molecule is O=C(c1cccc(C(F)(F)F)c1)c1c[nH]c2ncccc12. The maximum atomic E-state index is 12.7. The number of benzene rings is 1. The largest absolute Gasteiger partial charge is 0.416 e. The predicted molar refractivity (Wildman–Crippen MR) is 71.0 cm³/mol. The van der Waals surface area contributed by atoms with Crippen LogP contribution >= 0.6 is 0 Å². The van der Waals surface area contributed by atoms with Crippen molar-refractivity contribution in [1.29, 1.82) is 0 Å². The molecule has 0 saturated carbocycles. The molecule has 0 aliphatic rings. The van der Waals surface area contributed by atoms with Gasteiger partial charge in [0.05, 0.1) is 5.56 Å². The maximum Gasteiger partial charge on any atom is 0.416 e. The van der Waals surface area contributed by atoms with Crippen LogP contribution in [0.5, 0.6) is 0 Å². The van der Waals surface area contributed by atoms with E-state index in [1.807, 2.05) is 0 Å². The summed E-state index contributed by atoms with van der Waals surface area (Å²) in [6, 6.07) is 7.75. The van der Waals surface area contributed by atoms with E-state index in [0.29, 0.717) is 16.6 Å².